The smallest absolute Gasteiger partial charge is 0.338 e. The average Bonchev–Trinajstić information content (AvgIpc) is 3.05. The summed E-state index contributed by atoms with van der Waals surface area (Å²) in [6, 6.07) is 30.4. The number of fused-ring (bicyclic) bond motifs is 7. The Labute approximate surface area is 225 Å². The summed E-state index contributed by atoms with van der Waals surface area (Å²) in [7, 11) is 0. The second kappa shape index (κ2) is 10.3. The lowest BCUT2D eigenvalue weighted by molar-refractivity contribution is -0.128. The number of rotatable bonds is 4. The maximum atomic E-state index is 13.0. The topological polar surface area (TPSA) is 71.1 Å². The van der Waals surface area contributed by atoms with Crippen molar-refractivity contribution in [3.63, 3.8) is 0 Å². The monoisotopic (exact) mass is 516 g/mol. The number of carbonyl (C=O) groups excluding carboxylic acids is 2. The van der Waals surface area contributed by atoms with Crippen molar-refractivity contribution in [3.05, 3.63) is 115 Å². The van der Waals surface area contributed by atoms with Gasteiger partial charge in [0.25, 0.3) is 0 Å². The first-order valence-corrected chi connectivity index (χ1v) is 12.6. The summed E-state index contributed by atoms with van der Waals surface area (Å²) < 4.78 is 23.5. The van der Waals surface area contributed by atoms with Crippen LogP contribution in [0.25, 0.3) is 32.7 Å². The number of ether oxygens (including phenoxy) is 4. The fourth-order valence-electron chi connectivity index (χ4n) is 4.78. The van der Waals surface area contributed by atoms with Crippen molar-refractivity contribution in [1.29, 1.82) is 0 Å². The van der Waals surface area contributed by atoms with Gasteiger partial charge < -0.3 is 18.9 Å². The van der Waals surface area contributed by atoms with Crippen molar-refractivity contribution in [3.8, 4) is 28.4 Å². The SMILES string of the molecule is C=CC(=O)Oc1ccc(C(=O)OC2COc3ccc4ccccc4c3-c3c(ccc4ccccc34)OC2)cc1. The van der Waals surface area contributed by atoms with Gasteiger partial charge in [0, 0.05) is 17.2 Å². The first kappa shape index (κ1) is 24.2. The van der Waals surface area contributed by atoms with Crippen LogP contribution in [0.2, 0.25) is 0 Å². The van der Waals surface area contributed by atoms with Gasteiger partial charge in [-0.2, -0.15) is 0 Å². The Morgan fingerprint density at radius 1 is 0.718 bits per heavy atom. The molecule has 0 atom stereocenters. The molecule has 6 rings (SSSR count). The molecule has 0 aromatic heterocycles. The second-order valence-electron chi connectivity index (χ2n) is 9.12. The van der Waals surface area contributed by atoms with Gasteiger partial charge in [-0.3, -0.25) is 0 Å². The van der Waals surface area contributed by atoms with Crippen LogP contribution in [0.4, 0.5) is 0 Å². The molecule has 1 heterocycles. The maximum Gasteiger partial charge on any atom is 0.338 e. The van der Waals surface area contributed by atoms with Crippen molar-refractivity contribution < 1.29 is 28.5 Å². The Hall–Kier alpha value is -5.10. The van der Waals surface area contributed by atoms with E-state index in [4.69, 9.17) is 18.9 Å². The van der Waals surface area contributed by atoms with Crippen LogP contribution >= 0.6 is 0 Å². The molecule has 39 heavy (non-hydrogen) atoms. The molecule has 192 valence electrons. The summed E-state index contributed by atoms with van der Waals surface area (Å²) in [6.45, 7) is 3.59. The largest absolute Gasteiger partial charge is 0.489 e. The molecule has 0 saturated heterocycles. The Morgan fingerprint density at radius 2 is 1.26 bits per heavy atom. The van der Waals surface area contributed by atoms with Gasteiger partial charge >= 0.3 is 11.9 Å². The zero-order chi connectivity index (χ0) is 26.8. The highest BCUT2D eigenvalue weighted by Crippen LogP contribution is 2.46. The third-order valence-corrected chi connectivity index (χ3v) is 6.63. The zero-order valence-electron chi connectivity index (χ0n) is 21.0. The maximum absolute atomic E-state index is 13.0. The van der Waals surface area contributed by atoms with Crippen LogP contribution in [0.15, 0.2) is 110 Å². The molecule has 0 saturated carbocycles. The summed E-state index contributed by atoms with van der Waals surface area (Å²) in [5.74, 6) is 0.563. The summed E-state index contributed by atoms with van der Waals surface area (Å²) in [4.78, 5) is 24.4. The molecular formula is C33H24O6. The van der Waals surface area contributed by atoms with E-state index < -0.39 is 18.0 Å². The van der Waals surface area contributed by atoms with Gasteiger partial charge in [0.2, 0.25) is 0 Å². The van der Waals surface area contributed by atoms with Crippen LogP contribution in [0.5, 0.6) is 17.2 Å². The molecule has 0 amide bonds. The van der Waals surface area contributed by atoms with Gasteiger partial charge in [0.1, 0.15) is 30.5 Å². The van der Waals surface area contributed by atoms with Crippen LogP contribution in [0.1, 0.15) is 10.4 Å². The van der Waals surface area contributed by atoms with E-state index in [1.807, 2.05) is 48.5 Å². The summed E-state index contributed by atoms with van der Waals surface area (Å²) in [5, 5.41) is 4.26. The minimum Gasteiger partial charge on any atom is -0.489 e. The fraction of sp³-hybridized carbons (Fsp3) is 0.0909. The lowest BCUT2D eigenvalue weighted by Crippen LogP contribution is -2.31. The molecule has 0 radical (unpaired) electrons. The Morgan fingerprint density at radius 3 is 1.79 bits per heavy atom. The quantitative estimate of drug-likeness (QED) is 0.150. The molecule has 0 spiro atoms. The minimum absolute atomic E-state index is 0.109. The van der Waals surface area contributed by atoms with Crippen LogP contribution in [-0.2, 0) is 9.53 Å². The summed E-state index contributed by atoms with van der Waals surface area (Å²) >= 11 is 0. The van der Waals surface area contributed by atoms with Crippen molar-refractivity contribution >= 4 is 33.5 Å². The van der Waals surface area contributed by atoms with Crippen LogP contribution in [0.3, 0.4) is 0 Å². The van der Waals surface area contributed by atoms with Gasteiger partial charge in [-0.1, -0.05) is 67.2 Å². The van der Waals surface area contributed by atoms with Gasteiger partial charge in [-0.15, -0.1) is 0 Å². The predicted octanol–water partition coefficient (Wildman–Crippen LogP) is 6.75. The van der Waals surface area contributed by atoms with E-state index in [0.717, 1.165) is 38.7 Å². The Balaban J connectivity index is 1.35. The summed E-state index contributed by atoms with van der Waals surface area (Å²) in [6.07, 6.45) is 0.397. The van der Waals surface area contributed by atoms with E-state index in [1.165, 1.54) is 24.3 Å². The van der Waals surface area contributed by atoms with E-state index in [9.17, 15) is 9.59 Å². The lowest BCUT2D eigenvalue weighted by atomic mass is 9.92. The molecule has 0 bridgehead atoms. The molecule has 0 N–H and O–H groups in total. The number of hydrogen-bond donors (Lipinski definition) is 0. The normalized spacial score (nSPS) is 13.0. The Kier molecular flexibility index (Phi) is 6.43. The van der Waals surface area contributed by atoms with Gasteiger partial charge in [-0.25, -0.2) is 9.59 Å². The first-order valence-electron chi connectivity index (χ1n) is 12.6. The molecule has 0 unspecified atom stereocenters. The van der Waals surface area contributed by atoms with Crippen LogP contribution < -0.4 is 14.2 Å². The number of carbonyl (C=O) groups is 2. The molecule has 1 aliphatic rings. The third kappa shape index (κ3) is 4.80. The second-order valence-corrected chi connectivity index (χ2v) is 9.12. The van der Waals surface area contributed by atoms with Crippen molar-refractivity contribution in [2.24, 2.45) is 0 Å². The van der Waals surface area contributed by atoms with E-state index in [-0.39, 0.29) is 13.2 Å². The van der Waals surface area contributed by atoms with E-state index in [1.54, 1.807) is 0 Å². The highest BCUT2D eigenvalue weighted by Gasteiger charge is 2.25. The average molecular weight is 517 g/mol. The minimum atomic E-state index is -0.674. The summed E-state index contributed by atoms with van der Waals surface area (Å²) in [5.41, 5.74) is 2.19. The number of benzene rings is 5. The molecule has 5 aromatic carbocycles. The highest BCUT2D eigenvalue weighted by atomic mass is 16.6. The van der Waals surface area contributed by atoms with Gasteiger partial charge in [-0.05, 0) is 57.9 Å². The standard InChI is InChI=1S/C33H24O6/c1-2-30(34)38-24-15-11-23(12-16-24)33(35)39-25-19-36-28-17-13-21-7-3-5-9-26(21)31(28)32-27-10-6-4-8-22(27)14-18-29(32)37-20-25/h2-18,25H,1,19-20H2. The Bertz CT molecular complexity index is 1630. The first-order chi connectivity index (χ1) is 19.1. The van der Waals surface area contributed by atoms with Gasteiger partial charge in [0.15, 0.2) is 6.10 Å². The molecular weight excluding hydrogens is 492 g/mol. The van der Waals surface area contributed by atoms with Crippen LogP contribution in [0, 0.1) is 0 Å². The molecule has 6 heteroatoms. The molecule has 0 fully saturated rings. The molecule has 1 aliphatic heterocycles. The molecule has 5 aromatic rings. The van der Waals surface area contributed by atoms with E-state index in [0.29, 0.717) is 22.8 Å². The van der Waals surface area contributed by atoms with Crippen molar-refractivity contribution in [2.75, 3.05) is 13.2 Å². The highest BCUT2D eigenvalue weighted by molar-refractivity contribution is 6.09. The van der Waals surface area contributed by atoms with Crippen LogP contribution in [-0.4, -0.2) is 31.3 Å². The van der Waals surface area contributed by atoms with Gasteiger partial charge in [0.05, 0.1) is 5.56 Å². The van der Waals surface area contributed by atoms with Crippen molar-refractivity contribution in [1.82, 2.24) is 0 Å². The molecule has 0 aliphatic carbocycles. The predicted molar refractivity (Wildman–Crippen MR) is 149 cm³/mol. The zero-order valence-corrected chi connectivity index (χ0v) is 21.0. The van der Waals surface area contributed by atoms with E-state index in [2.05, 4.69) is 30.8 Å². The fourth-order valence-corrected chi connectivity index (χ4v) is 4.78. The van der Waals surface area contributed by atoms with E-state index >= 15 is 0 Å². The number of esters is 2. The third-order valence-electron chi connectivity index (χ3n) is 6.63. The molecule has 6 nitrogen and oxygen atoms in total. The van der Waals surface area contributed by atoms with Crippen molar-refractivity contribution in [2.45, 2.75) is 6.10 Å². The number of hydrogen-bond acceptors (Lipinski definition) is 6. The lowest BCUT2D eigenvalue weighted by Gasteiger charge is -2.18.